The molecule has 0 radical (unpaired) electrons. The fourth-order valence-electron chi connectivity index (χ4n) is 1.98. The van der Waals surface area contributed by atoms with Crippen molar-refractivity contribution < 1.29 is 19.4 Å². The van der Waals surface area contributed by atoms with Crippen molar-refractivity contribution in [3.63, 3.8) is 0 Å². The molecule has 5 heteroatoms. The second-order valence-electron chi connectivity index (χ2n) is 4.66. The molecule has 0 spiro atoms. The molecule has 1 aromatic heterocycles. The molecule has 128 valence electrons. The molecular weight excluding hydrogens is 308 g/mol. The van der Waals surface area contributed by atoms with E-state index in [4.69, 9.17) is 9.15 Å². The first-order valence-electron chi connectivity index (χ1n) is 7.50. The maximum atomic E-state index is 12.3. The number of benzene rings is 1. The maximum absolute atomic E-state index is 12.3. The molecule has 0 aliphatic rings. The number of aliphatic hydroxyl groups excluding tert-OH is 1. The van der Waals surface area contributed by atoms with Gasteiger partial charge in [0.25, 0.3) is 0 Å². The minimum Gasteiger partial charge on any atom is -0.508 e. The Morgan fingerprint density at radius 3 is 2.33 bits per heavy atom. The number of ether oxygens (including phenoxy) is 1. The highest BCUT2D eigenvalue weighted by molar-refractivity contribution is 5.58. The van der Waals surface area contributed by atoms with Crippen LogP contribution in [0.15, 0.2) is 51.9 Å². The van der Waals surface area contributed by atoms with E-state index < -0.39 is 0 Å². The Bertz CT molecular complexity index is 873. The van der Waals surface area contributed by atoms with Gasteiger partial charge in [-0.25, -0.2) is 0 Å². The second kappa shape index (κ2) is 8.62. The monoisotopic (exact) mass is 330 g/mol. The molecule has 0 aliphatic carbocycles. The number of allylic oxidation sites excluding steroid dienone is 1. The SMILES string of the molecule is C=C(O)/C=c1/oc(-c2ccc(O)cc2)cc(=O)/c1=C(/C)OC.CC. The normalized spacial score (nSPS) is 12.1. The number of phenols is 1. The summed E-state index contributed by atoms with van der Waals surface area (Å²) in [5.41, 5.74) is 0.471. The van der Waals surface area contributed by atoms with Gasteiger partial charge in [0.15, 0.2) is 5.43 Å². The first kappa shape index (κ1) is 19.1. The number of aromatic hydroxyl groups is 1. The molecular formula is C19H22O5. The van der Waals surface area contributed by atoms with Gasteiger partial charge in [0, 0.05) is 17.7 Å². The summed E-state index contributed by atoms with van der Waals surface area (Å²) in [4.78, 5) is 12.3. The summed E-state index contributed by atoms with van der Waals surface area (Å²) in [7, 11) is 1.44. The Morgan fingerprint density at radius 1 is 1.25 bits per heavy atom. The number of hydrogen-bond donors (Lipinski definition) is 2. The van der Waals surface area contributed by atoms with Gasteiger partial charge in [-0.15, -0.1) is 0 Å². The third-order valence-corrected chi connectivity index (χ3v) is 3.08. The molecule has 0 unspecified atom stereocenters. The quantitative estimate of drug-likeness (QED) is 0.846. The molecule has 0 saturated heterocycles. The predicted molar refractivity (Wildman–Crippen MR) is 95.0 cm³/mol. The smallest absolute Gasteiger partial charge is 0.196 e. The van der Waals surface area contributed by atoms with Crippen LogP contribution >= 0.6 is 0 Å². The van der Waals surface area contributed by atoms with Crippen molar-refractivity contribution in [1.82, 2.24) is 0 Å². The molecule has 5 nitrogen and oxygen atoms in total. The van der Waals surface area contributed by atoms with Crippen molar-refractivity contribution in [2.45, 2.75) is 20.8 Å². The van der Waals surface area contributed by atoms with Crippen LogP contribution in [0, 0.1) is 0 Å². The molecule has 0 bridgehead atoms. The first-order chi connectivity index (χ1) is 11.4. The molecule has 2 aromatic rings. The summed E-state index contributed by atoms with van der Waals surface area (Å²) in [5, 5.41) is 18.9. The van der Waals surface area contributed by atoms with Crippen molar-refractivity contribution in [3.05, 3.63) is 63.5 Å². The van der Waals surface area contributed by atoms with Crippen LogP contribution < -0.4 is 16.1 Å². The Balaban J connectivity index is 0.00000139. The fourth-order valence-corrected chi connectivity index (χ4v) is 1.98. The molecule has 1 aromatic carbocycles. The van der Waals surface area contributed by atoms with Crippen LogP contribution in [0.1, 0.15) is 20.8 Å². The lowest BCUT2D eigenvalue weighted by atomic mass is 10.1. The van der Waals surface area contributed by atoms with Gasteiger partial charge in [0.1, 0.15) is 33.7 Å². The minimum atomic E-state index is -0.304. The van der Waals surface area contributed by atoms with Gasteiger partial charge in [-0.1, -0.05) is 20.4 Å². The third kappa shape index (κ3) is 4.52. The van der Waals surface area contributed by atoms with Crippen molar-refractivity contribution in [2.24, 2.45) is 0 Å². The average Bonchev–Trinajstić information content (AvgIpc) is 2.56. The van der Waals surface area contributed by atoms with Crippen LogP contribution in [0.3, 0.4) is 0 Å². The van der Waals surface area contributed by atoms with Crippen LogP contribution in [0.5, 0.6) is 5.75 Å². The lowest BCUT2D eigenvalue weighted by Gasteiger charge is -2.03. The largest absolute Gasteiger partial charge is 0.508 e. The van der Waals surface area contributed by atoms with E-state index in [-0.39, 0.29) is 27.6 Å². The Kier molecular flexibility index (Phi) is 6.86. The molecule has 24 heavy (non-hydrogen) atoms. The van der Waals surface area contributed by atoms with Crippen molar-refractivity contribution >= 4 is 11.8 Å². The maximum Gasteiger partial charge on any atom is 0.196 e. The van der Waals surface area contributed by atoms with E-state index in [1.807, 2.05) is 13.8 Å². The summed E-state index contributed by atoms with van der Waals surface area (Å²) in [6, 6.07) is 7.56. The van der Waals surface area contributed by atoms with Crippen LogP contribution in [-0.4, -0.2) is 17.3 Å². The zero-order chi connectivity index (χ0) is 18.3. The van der Waals surface area contributed by atoms with E-state index in [1.165, 1.54) is 31.4 Å². The van der Waals surface area contributed by atoms with Gasteiger partial charge in [0.05, 0.1) is 7.11 Å². The van der Waals surface area contributed by atoms with Gasteiger partial charge in [-0.2, -0.15) is 0 Å². The zero-order valence-electron chi connectivity index (χ0n) is 14.3. The van der Waals surface area contributed by atoms with Crippen LogP contribution in [0.25, 0.3) is 23.2 Å². The van der Waals surface area contributed by atoms with Gasteiger partial charge in [0.2, 0.25) is 0 Å². The van der Waals surface area contributed by atoms with Crippen molar-refractivity contribution in [1.29, 1.82) is 0 Å². The predicted octanol–water partition coefficient (Wildman–Crippen LogP) is 2.67. The summed E-state index contributed by atoms with van der Waals surface area (Å²) in [6.45, 7) is 9.00. The second-order valence-corrected chi connectivity index (χ2v) is 4.66. The van der Waals surface area contributed by atoms with E-state index in [0.717, 1.165) is 0 Å². The number of hydrogen-bond acceptors (Lipinski definition) is 5. The summed E-state index contributed by atoms with van der Waals surface area (Å²) in [6.07, 6.45) is 1.25. The van der Waals surface area contributed by atoms with E-state index in [1.54, 1.807) is 19.1 Å². The molecule has 1 heterocycles. The van der Waals surface area contributed by atoms with Crippen LogP contribution in [0.4, 0.5) is 0 Å². The highest BCUT2D eigenvalue weighted by atomic mass is 16.5. The third-order valence-electron chi connectivity index (χ3n) is 3.08. The lowest BCUT2D eigenvalue weighted by Crippen LogP contribution is -2.40. The topological polar surface area (TPSA) is 79.9 Å². The Hall–Kier alpha value is -2.95. The minimum absolute atomic E-state index is 0.113. The first-order valence-corrected chi connectivity index (χ1v) is 7.50. The number of rotatable bonds is 3. The number of aliphatic hydroxyl groups is 1. The molecule has 0 aliphatic heterocycles. The van der Waals surface area contributed by atoms with Crippen molar-refractivity contribution in [3.8, 4) is 17.1 Å². The molecule has 0 atom stereocenters. The van der Waals surface area contributed by atoms with E-state index in [9.17, 15) is 15.0 Å². The van der Waals surface area contributed by atoms with Gasteiger partial charge < -0.3 is 19.4 Å². The molecule has 2 rings (SSSR count). The Morgan fingerprint density at radius 2 is 1.83 bits per heavy atom. The fraction of sp³-hybridized carbons (Fsp3) is 0.211. The van der Waals surface area contributed by atoms with Crippen LogP contribution in [-0.2, 0) is 4.74 Å². The summed E-state index contributed by atoms with van der Waals surface area (Å²) >= 11 is 0. The molecule has 2 N–H and O–H groups in total. The highest BCUT2D eigenvalue weighted by Gasteiger charge is 2.07. The summed E-state index contributed by atoms with van der Waals surface area (Å²) < 4.78 is 10.8. The number of phenolic OH excluding ortho intramolecular Hbond substituents is 1. The highest BCUT2D eigenvalue weighted by Crippen LogP contribution is 2.19. The molecule has 0 saturated carbocycles. The van der Waals surface area contributed by atoms with E-state index in [0.29, 0.717) is 17.1 Å². The van der Waals surface area contributed by atoms with Gasteiger partial charge in [-0.05, 0) is 31.2 Å². The van der Waals surface area contributed by atoms with Crippen molar-refractivity contribution in [2.75, 3.05) is 7.11 Å². The average molecular weight is 330 g/mol. The van der Waals surface area contributed by atoms with Gasteiger partial charge >= 0.3 is 0 Å². The van der Waals surface area contributed by atoms with E-state index >= 15 is 0 Å². The van der Waals surface area contributed by atoms with E-state index in [2.05, 4.69) is 6.58 Å². The lowest BCUT2D eigenvalue weighted by molar-refractivity contribution is 0.358. The number of methoxy groups -OCH3 is 1. The van der Waals surface area contributed by atoms with Crippen LogP contribution in [0.2, 0.25) is 0 Å². The molecule has 0 amide bonds. The molecule has 0 fully saturated rings. The Labute approximate surface area is 140 Å². The summed E-state index contributed by atoms with van der Waals surface area (Å²) in [5.74, 6) is 0.557. The van der Waals surface area contributed by atoms with Gasteiger partial charge in [-0.3, -0.25) is 4.79 Å². The standard InChI is InChI=1S/C17H16O5.C2H6/c1-10(18)8-16-17(11(2)21-3)14(20)9-15(22-16)12-4-6-13(19)7-5-12;1-2/h4-9,18-19H,1H2,2-3H3;1-2H3/b16-8+,17-11+;. The zero-order valence-corrected chi connectivity index (χ0v) is 14.3.